The molecule has 0 unspecified atom stereocenters. The molecular weight excluding hydrogens is 236 g/mol. The first kappa shape index (κ1) is 13.0. The molecule has 0 bridgehead atoms. The Bertz CT molecular complexity index is 271. The molecule has 0 radical (unpaired) electrons. The first-order valence-corrected chi connectivity index (χ1v) is 7.74. The lowest BCUT2D eigenvalue weighted by Gasteiger charge is -2.20. The van der Waals surface area contributed by atoms with Gasteiger partial charge in [-0.15, -0.1) is 0 Å². The molecule has 2 saturated carbocycles. The Morgan fingerprint density at radius 2 is 2.18 bits per heavy atom. The van der Waals surface area contributed by atoms with E-state index in [1.165, 1.54) is 12.8 Å². The normalized spacial score (nSPS) is 30.0. The van der Waals surface area contributed by atoms with E-state index in [1.54, 1.807) is 0 Å². The molecule has 0 aromatic heterocycles. The third-order valence-corrected chi connectivity index (χ3v) is 4.88. The number of rotatable bonds is 5. The summed E-state index contributed by atoms with van der Waals surface area (Å²) in [5.74, 6) is 0.417. The summed E-state index contributed by atoms with van der Waals surface area (Å²) >= 11 is 1.83. The molecule has 0 aliphatic heterocycles. The minimum atomic E-state index is -0.360. The van der Waals surface area contributed by atoms with Crippen molar-refractivity contribution in [1.29, 1.82) is 0 Å². The average Bonchev–Trinajstić information content (AvgIpc) is 3.08. The fourth-order valence-electron chi connectivity index (χ4n) is 2.44. The Balaban J connectivity index is 1.65. The quantitative estimate of drug-likeness (QED) is 0.697. The number of thioether (sulfide) groups is 1. The Kier molecular flexibility index (Phi) is 4.56. The van der Waals surface area contributed by atoms with Gasteiger partial charge in [0.05, 0.1) is 6.10 Å². The molecule has 3 atom stereocenters. The van der Waals surface area contributed by atoms with Crippen LogP contribution in [0.4, 0.5) is 4.79 Å². The number of amides is 2. The highest BCUT2D eigenvalue weighted by Crippen LogP contribution is 2.32. The van der Waals surface area contributed by atoms with Crippen molar-refractivity contribution in [2.24, 2.45) is 5.92 Å². The van der Waals surface area contributed by atoms with Crippen molar-refractivity contribution in [3.8, 4) is 0 Å². The molecule has 0 aromatic carbocycles. The lowest BCUT2D eigenvalue weighted by molar-refractivity contribution is 0.149. The van der Waals surface area contributed by atoms with Crippen molar-refractivity contribution >= 4 is 17.8 Å². The molecular formula is C12H22N2O2S. The minimum absolute atomic E-state index is 0.129. The first-order valence-electron chi connectivity index (χ1n) is 6.46. The topological polar surface area (TPSA) is 61.4 Å². The molecule has 2 aliphatic carbocycles. The summed E-state index contributed by atoms with van der Waals surface area (Å²) in [5, 5.41) is 16.0. The molecule has 2 rings (SSSR count). The van der Waals surface area contributed by atoms with Crippen molar-refractivity contribution in [3.05, 3.63) is 0 Å². The van der Waals surface area contributed by atoms with Crippen LogP contribution in [0, 0.1) is 5.92 Å². The van der Waals surface area contributed by atoms with Gasteiger partial charge in [0.1, 0.15) is 0 Å². The van der Waals surface area contributed by atoms with E-state index < -0.39 is 0 Å². The molecule has 2 aliphatic rings. The predicted molar refractivity (Wildman–Crippen MR) is 70.2 cm³/mol. The number of hydrogen-bond acceptors (Lipinski definition) is 3. The van der Waals surface area contributed by atoms with Gasteiger partial charge in [-0.1, -0.05) is 6.42 Å². The molecule has 3 N–H and O–H groups in total. The zero-order valence-electron chi connectivity index (χ0n) is 10.3. The van der Waals surface area contributed by atoms with Crippen molar-refractivity contribution in [3.63, 3.8) is 0 Å². The highest BCUT2D eigenvalue weighted by atomic mass is 32.2. The monoisotopic (exact) mass is 258 g/mol. The SMILES string of the molecule is CS[C@@H]1CCC[C@@H]1NC(=O)NC[C@H](O)C1CC1. The zero-order valence-corrected chi connectivity index (χ0v) is 11.1. The third-order valence-electron chi connectivity index (χ3n) is 3.71. The molecule has 5 heteroatoms. The van der Waals surface area contributed by atoms with E-state index in [0.29, 0.717) is 23.8 Å². The van der Waals surface area contributed by atoms with Crippen LogP contribution in [0.3, 0.4) is 0 Å². The van der Waals surface area contributed by atoms with Gasteiger partial charge in [0.2, 0.25) is 0 Å². The third kappa shape index (κ3) is 3.78. The zero-order chi connectivity index (χ0) is 12.3. The van der Waals surface area contributed by atoms with E-state index >= 15 is 0 Å². The second-order valence-electron chi connectivity index (χ2n) is 5.07. The van der Waals surface area contributed by atoms with Crippen molar-refractivity contribution < 1.29 is 9.90 Å². The highest BCUT2D eigenvalue weighted by molar-refractivity contribution is 7.99. The van der Waals surface area contributed by atoms with Gasteiger partial charge in [-0.25, -0.2) is 4.79 Å². The lowest BCUT2D eigenvalue weighted by atomic mass is 10.2. The molecule has 0 spiro atoms. The van der Waals surface area contributed by atoms with Gasteiger partial charge in [0, 0.05) is 17.8 Å². The Morgan fingerprint density at radius 3 is 2.82 bits per heavy atom. The maximum absolute atomic E-state index is 11.7. The standard InChI is InChI=1S/C12H22N2O2S/c1-17-11-4-2-3-9(11)14-12(16)13-7-10(15)8-5-6-8/h8-11,15H,2-7H2,1H3,(H2,13,14,16)/t9-,10-,11+/m0/s1. The van der Waals surface area contributed by atoms with E-state index in [0.717, 1.165) is 19.3 Å². The number of carbonyl (C=O) groups excluding carboxylic acids is 1. The number of carbonyl (C=O) groups is 1. The van der Waals surface area contributed by atoms with Gasteiger partial charge < -0.3 is 15.7 Å². The number of aliphatic hydroxyl groups is 1. The number of hydrogen-bond donors (Lipinski definition) is 3. The molecule has 2 fully saturated rings. The molecule has 0 saturated heterocycles. The lowest BCUT2D eigenvalue weighted by Crippen LogP contribution is -2.46. The maximum atomic E-state index is 11.7. The summed E-state index contributed by atoms with van der Waals surface area (Å²) in [6.07, 6.45) is 7.39. The van der Waals surface area contributed by atoms with Crippen LogP contribution < -0.4 is 10.6 Å². The van der Waals surface area contributed by atoms with E-state index in [2.05, 4.69) is 16.9 Å². The molecule has 4 nitrogen and oxygen atoms in total. The molecule has 17 heavy (non-hydrogen) atoms. The van der Waals surface area contributed by atoms with Crippen molar-refractivity contribution in [2.75, 3.05) is 12.8 Å². The molecule has 0 heterocycles. The van der Waals surface area contributed by atoms with Crippen LogP contribution >= 0.6 is 11.8 Å². The minimum Gasteiger partial charge on any atom is -0.391 e. The fourth-order valence-corrected chi connectivity index (χ4v) is 3.37. The van der Waals surface area contributed by atoms with E-state index in [9.17, 15) is 9.90 Å². The summed E-state index contributed by atoms with van der Waals surface area (Å²) in [4.78, 5) is 11.7. The smallest absolute Gasteiger partial charge is 0.315 e. The highest BCUT2D eigenvalue weighted by Gasteiger charge is 2.31. The van der Waals surface area contributed by atoms with E-state index in [-0.39, 0.29) is 12.1 Å². The molecule has 0 aromatic rings. The van der Waals surface area contributed by atoms with Crippen LogP contribution in [0.2, 0.25) is 0 Å². The second kappa shape index (κ2) is 5.96. The average molecular weight is 258 g/mol. The van der Waals surface area contributed by atoms with Crippen molar-refractivity contribution in [1.82, 2.24) is 10.6 Å². The second-order valence-corrected chi connectivity index (χ2v) is 6.15. The van der Waals surface area contributed by atoms with Gasteiger partial charge in [0.25, 0.3) is 0 Å². The summed E-state index contributed by atoms with van der Waals surface area (Å²) in [7, 11) is 0. The summed E-state index contributed by atoms with van der Waals surface area (Å²) < 4.78 is 0. The Morgan fingerprint density at radius 1 is 1.41 bits per heavy atom. The van der Waals surface area contributed by atoms with Gasteiger partial charge in [-0.3, -0.25) is 0 Å². The number of urea groups is 1. The number of nitrogens with one attached hydrogen (secondary N) is 2. The summed E-state index contributed by atoms with van der Waals surface area (Å²) in [6, 6.07) is 0.165. The van der Waals surface area contributed by atoms with E-state index in [4.69, 9.17) is 0 Å². The predicted octanol–water partition coefficient (Wildman–Crippen LogP) is 1.34. The van der Waals surface area contributed by atoms with Gasteiger partial charge in [-0.05, 0) is 37.9 Å². The van der Waals surface area contributed by atoms with Crippen LogP contribution in [-0.2, 0) is 0 Å². The summed E-state index contributed by atoms with van der Waals surface area (Å²) in [6.45, 7) is 0.382. The van der Waals surface area contributed by atoms with Crippen LogP contribution in [0.15, 0.2) is 0 Å². The maximum Gasteiger partial charge on any atom is 0.315 e. The van der Waals surface area contributed by atoms with Gasteiger partial charge in [-0.2, -0.15) is 11.8 Å². The first-order chi connectivity index (χ1) is 8.20. The van der Waals surface area contributed by atoms with Crippen molar-refractivity contribution in [2.45, 2.75) is 49.5 Å². The molecule has 98 valence electrons. The Hall–Kier alpha value is -0.420. The number of aliphatic hydroxyl groups excluding tert-OH is 1. The Labute approximate surface area is 107 Å². The van der Waals surface area contributed by atoms with Crippen LogP contribution in [-0.4, -0.2) is 41.3 Å². The fraction of sp³-hybridized carbons (Fsp3) is 0.917. The van der Waals surface area contributed by atoms with Gasteiger partial charge in [0.15, 0.2) is 0 Å². The van der Waals surface area contributed by atoms with Gasteiger partial charge >= 0.3 is 6.03 Å². The van der Waals surface area contributed by atoms with Crippen LogP contribution in [0.25, 0.3) is 0 Å². The van der Waals surface area contributed by atoms with Crippen LogP contribution in [0.1, 0.15) is 32.1 Å². The van der Waals surface area contributed by atoms with E-state index in [1.807, 2.05) is 11.8 Å². The summed E-state index contributed by atoms with van der Waals surface area (Å²) in [5.41, 5.74) is 0. The van der Waals surface area contributed by atoms with Crippen LogP contribution in [0.5, 0.6) is 0 Å². The largest absolute Gasteiger partial charge is 0.391 e. The molecule has 2 amide bonds.